The number of carboxylic acids is 1. The number of hydrogen-bond acceptors (Lipinski definition) is 3. The maximum Gasteiger partial charge on any atom is 0.339 e. The Morgan fingerprint density at radius 1 is 1.47 bits per heavy atom. The van der Waals surface area contributed by atoms with E-state index in [1.54, 1.807) is 0 Å². The fourth-order valence-electron chi connectivity index (χ4n) is 3.91. The summed E-state index contributed by atoms with van der Waals surface area (Å²) in [6.45, 7) is 4.30. The van der Waals surface area contributed by atoms with Gasteiger partial charge in [-0.25, -0.2) is 4.79 Å². The summed E-state index contributed by atoms with van der Waals surface area (Å²) in [5.41, 5.74) is 0.146. The second-order valence-electron chi connectivity index (χ2n) is 6.10. The van der Waals surface area contributed by atoms with Gasteiger partial charge in [-0.1, -0.05) is 20.3 Å². The Morgan fingerprint density at radius 2 is 2.21 bits per heavy atom. The molecule has 2 aliphatic carbocycles. The number of fused-ring (bicyclic) bond motifs is 3. The Kier molecular flexibility index (Phi) is 2.59. The number of furan rings is 1. The van der Waals surface area contributed by atoms with Crippen LogP contribution in [0.15, 0.2) is 10.7 Å². The Morgan fingerprint density at radius 3 is 2.89 bits per heavy atom. The van der Waals surface area contributed by atoms with Crippen LogP contribution in [0.1, 0.15) is 66.0 Å². The standard InChI is InChI=1S/C15H18O4/c1-8-4-3-5-9-6-11(16)12-10(14(17)18)7-19-13(12)15(8,9)2/h7-9H,3-6H2,1-2H3,(H,17,18). The fourth-order valence-corrected chi connectivity index (χ4v) is 3.91. The first-order valence-electron chi connectivity index (χ1n) is 6.84. The maximum atomic E-state index is 12.3. The molecule has 0 aliphatic heterocycles. The SMILES string of the molecule is CC1CCCC2CC(=O)c3c(C(=O)O)coc3C12C. The van der Waals surface area contributed by atoms with Crippen LogP contribution in [0.5, 0.6) is 0 Å². The summed E-state index contributed by atoms with van der Waals surface area (Å²) in [7, 11) is 0. The van der Waals surface area contributed by atoms with Gasteiger partial charge in [-0.15, -0.1) is 0 Å². The monoisotopic (exact) mass is 262 g/mol. The zero-order valence-corrected chi connectivity index (χ0v) is 11.2. The number of ketones is 1. The molecule has 1 aromatic rings. The van der Waals surface area contributed by atoms with Gasteiger partial charge in [-0.05, 0) is 24.7 Å². The second kappa shape index (κ2) is 3.95. The van der Waals surface area contributed by atoms with Crippen molar-refractivity contribution in [1.29, 1.82) is 0 Å². The van der Waals surface area contributed by atoms with Crippen molar-refractivity contribution < 1.29 is 19.1 Å². The predicted molar refractivity (Wildman–Crippen MR) is 68.5 cm³/mol. The molecular formula is C15H18O4. The molecule has 0 bridgehead atoms. The molecule has 1 N–H and O–H groups in total. The van der Waals surface area contributed by atoms with E-state index >= 15 is 0 Å². The zero-order chi connectivity index (χ0) is 13.8. The minimum absolute atomic E-state index is 0.0254. The van der Waals surface area contributed by atoms with Gasteiger partial charge in [-0.2, -0.15) is 0 Å². The minimum Gasteiger partial charge on any atom is -0.478 e. The van der Waals surface area contributed by atoms with Crippen LogP contribution in [0.2, 0.25) is 0 Å². The van der Waals surface area contributed by atoms with Gasteiger partial charge in [0.15, 0.2) is 5.78 Å². The first kappa shape index (κ1) is 12.5. The summed E-state index contributed by atoms with van der Waals surface area (Å²) in [6.07, 6.45) is 4.95. The van der Waals surface area contributed by atoms with Crippen molar-refractivity contribution in [3.05, 3.63) is 23.2 Å². The van der Waals surface area contributed by atoms with E-state index in [0.717, 1.165) is 19.3 Å². The van der Waals surface area contributed by atoms with Crippen molar-refractivity contribution in [2.75, 3.05) is 0 Å². The van der Waals surface area contributed by atoms with E-state index in [0.29, 0.717) is 23.7 Å². The van der Waals surface area contributed by atoms with Gasteiger partial charge in [-0.3, -0.25) is 4.79 Å². The number of rotatable bonds is 1. The first-order chi connectivity index (χ1) is 8.96. The number of Topliss-reactive ketones (excluding diaryl/α,β-unsaturated/α-hetero) is 1. The lowest BCUT2D eigenvalue weighted by atomic mass is 9.56. The minimum atomic E-state index is -1.08. The molecular weight excluding hydrogens is 244 g/mol. The van der Waals surface area contributed by atoms with Crippen molar-refractivity contribution >= 4 is 11.8 Å². The van der Waals surface area contributed by atoms with E-state index in [-0.39, 0.29) is 22.7 Å². The van der Waals surface area contributed by atoms with Gasteiger partial charge < -0.3 is 9.52 Å². The highest BCUT2D eigenvalue weighted by Gasteiger charge is 2.52. The molecule has 0 radical (unpaired) electrons. The van der Waals surface area contributed by atoms with Crippen LogP contribution in [0.3, 0.4) is 0 Å². The van der Waals surface area contributed by atoms with Gasteiger partial charge in [0.1, 0.15) is 17.6 Å². The third-order valence-corrected chi connectivity index (χ3v) is 5.28. The molecule has 3 atom stereocenters. The normalized spacial score (nSPS) is 33.7. The van der Waals surface area contributed by atoms with Crippen LogP contribution in [0, 0.1) is 11.8 Å². The van der Waals surface area contributed by atoms with Gasteiger partial charge >= 0.3 is 5.97 Å². The lowest BCUT2D eigenvalue weighted by Gasteiger charge is -2.47. The molecule has 2 aliphatic rings. The number of aromatic carboxylic acids is 1. The van der Waals surface area contributed by atoms with Crippen molar-refractivity contribution in [3.8, 4) is 0 Å². The molecule has 19 heavy (non-hydrogen) atoms. The summed E-state index contributed by atoms with van der Waals surface area (Å²) in [5, 5.41) is 9.18. The molecule has 1 heterocycles. The van der Waals surface area contributed by atoms with Gasteiger partial charge in [0, 0.05) is 11.8 Å². The van der Waals surface area contributed by atoms with Crippen molar-refractivity contribution in [1.82, 2.24) is 0 Å². The van der Waals surface area contributed by atoms with Crippen LogP contribution in [-0.4, -0.2) is 16.9 Å². The largest absolute Gasteiger partial charge is 0.478 e. The van der Waals surface area contributed by atoms with E-state index in [4.69, 9.17) is 4.42 Å². The summed E-state index contributed by atoms with van der Waals surface area (Å²) in [5.74, 6) is 0.148. The van der Waals surface area contributed by atoms with Crippen LogP contribution in [0.25, 0.3) is 0 Å². The van der Waals surface area contributed by atoms with Gasteiger partial charge in [0.05, 0.1) is 5.56 Å². The quantitative estimate of drug-likeness (QED) is 0.843. The van der Waals surface area contributed by atoms with Crippen LogP contribution in [0.4, 0.5) is 0 Å². The summed E-state index contributed by atoms with van der Waals surface area (Å²) in [4.78, 5) is 23.5. The fraction of sp³-hybridized carbons (Fsp3) is 0.600. The zero-order valence-electron chi connectivity index (χ0n) is 11.2. The number of carboxylic acid groups (broad SMARTS) is 1. The highest BCUT2D eigenvalue weighted by atomic mass is 16.4. The highest BCUT2D eigenvalue weighted by molar-refractivity contribution is 6.07. The van der Waals surface area contributed by atoms with Gasteiger partial charge in [0.2, 0.25) is 0 Å². The molecule has 0 amide bonds. The summed E-state index contributed by atoms with van der Waals surface area (Å²) < 4.78 is 5.56. The third-order valence-electron chi connectivity index (χ3n) is 5.28. The Hall–Kier alpha value is -1.58. The van der Waals surface area contributed by atoms with Gasteiger partial charge in [0.25, 0.3) is 0 Å². The second-order valence-corrected chi connectivity index (χ2v) is 6.10. The van der Waals surface area contributed by atoms with E-state index in [1.165, 1.54) is 6.26 Å². The highest BCUT2D eigenvalue weighted by Crippen LogP contribution is 2.53. The molecule has 1 saturated carbocycles. The maximum absolute atomic E-state index is 12.3. The third kappa shape index (κ3) is 1.52. The Labute approximate surface area is 111 Å². The van der Waals surface area contributed by atoms with Crippen LogP contribution in [-0.2, 0) is 5.41 Å². The van der Waals surface area contributed by atoms with E-state index in [1.807, 2.05) is 0 Å². The van der Waals surface area contributed by atoms with E-state index in [9.17, 15) is 14.7 Å². The summed E-state index contributed by atoms with van der Waals surface area (Å²) >= 11 is 0. The molecule has 102 valence electrons. The Bertz CT molecular complexity index is 556. The molecule has 4 nitrogen and oxygen atoms in total. The first-order valence-corrected chi connectivity index (χ1v) is 6.84. The van der Waals surface area contributed by atoms with Crippen LogP contribution >= 0.6 is 0 Å². The number of carbonyl (C=O) groups excluding carboxylic acids is 1. The summed E-state index contributed by atoms with van der Waals surface area (Å²) in [6, 6.07) is 0. The number of carbonyl (C=O) groups is 2. The molecule has 4 heteroatoms. The van der Waals surface area contributed by atoms with Crippen molar-refractivity contribution in [3.63, 3.8) is 0 Å². The molecule has 3 rings (SSSR count). The molecule has 3 unspecified atom stereocenters. The molecule has 0 aromatic carbocycles. The smallest absolute Gasteiger partial charge is 0.339 e. The van der Waals surface area contributed by atoms with Crippen LogP contribution < -0.4 is 0 Å². The van der Waals surface area contributed by atoms with E-state index in [2.05, 4.69) is 13.8 Å². The predicted octanol–water partition coefficient (Wildman–Crippen LogP) is 3.26. The molecule has 0 spiro atoms. The molecule has 0 saturated heterocycles. The number of hydrogen-bond donors (Lipinski definition) is 1. The van der Waals surface area contributed by atoms with E-state index < -0.39 is 5.97 Å². The molecule has 1 fully saturated rings. The average molecular weight is 262 g/mol. The lowest BCUT2D eigenvalue weighted by Crippen LogP contribution is -2.46. The lowest BCUT2D eigenvalue weighted by molar-refractivity contribution is 0.0651. The van der Waals surface area contributed by atoms with Crippen molar-refractivity contribution in [2.24, 2.45) is 11.8 Å². The molecule has 1 aromatic heterocycles. The Balaban J connectivity index is 2.20. The topological polar surface area (TPSA) is 67.5 Å². The van der Waals surface area contributed by atoms with Crippen molar-refractivity contribution in [2.45, 2.75) is 44.9 Å². The average Bonchev–Trinajstić information content (AvgIpc) is 2.79.